The molecule has 19 heavy (non-hydrogen) atoms. The number of methoxy groups -OCH3 is 1. The van der Waals surface area contributed by atoms with Crippen molar-refractivity contribution in [2.45, 2.75) is 25.7 Å². The summed E-state index contributed by atoms with van der Waals surface area (Å²) < 4.78 is 5.16. The first kappa shape index (κ1) is 13.6. The second-order valence-corrected chi connectivity index (χ2v) is 4.91. The van der Waals surface area contributed by atoms with Gasteiger partial charge in [0, 0.05) is 37.6 Å². The largest absolute Gasteiger partial charge is 0.497 e. The van der Waals surface area contributed by atoms with E-state index in [1.54, 1.807) is 19.1 Å². The van der Waals surface area contributed by atoms with Crippen molar-refractivity contribution >= 4 is 17.4 Å². The molecule has 0 aliphatic heterocycles. The Morgan fingerprint density at radius 3 is 2.63 bits per heavy atom. The average molecular weight is 261 g/mol. The molecule has 1 amide bonds. The van der Waals surface area contributed by atoms with Crippen molar-refractivity contribution in [2.75, 3.05) is 19.1 Å². The normalized spacial score (nSPS) is 16.2. The predicted molar refractivity (Wildman–Crippen MR) is 73.4 cm³/mol. The molecule has 0 radical (unpaired) electrons. The molecule has 4 heteroatoms. The Balaban J connectivity index is 2.07. The van der Waals surface area contributed by atoms with Gasteiger partial charge in [-0.25, -0.2) is 0 Å². The molecule has 0 heterocycles. The van der Waals surface area contributed by atoms with Crippen molar-refractivity contribution in [2.24, 2.45) is 5.92 Å². The molecule has 0 atom stereocenters. The number of rotatable bonds is 3. The van der Waals surface area contributed by atoms with Gasteiger partial charge in [-0.1, -0.05) is 6.07 Å². The van der Waals surface area contributed by atoms with E-state index in [0.29, 0.717) is 25.7 Å². The summed E-state index contributed by atoms with van der Waals surface area (Å²) >= 11 is 0. The molecule has 1 aliphatic rings. The fourth-order valence-electron chi connectivity index (χ4n) is 2.41. The number of hydrogen-bond donors (Lipinski definition) is 0. The molecule has 0 N–H and O–H groups in total. The first-order chi connectivity index (χ1) is 9.11. The molecule has 0 saturated heterocycles. The fourth-order valence-corrected chi connectivity index (χ4v) is 2.41. The van der Waals surface area contributed by atoms with Crippen LogP contribution in [0.25, 0.3) is 0 Å². The van der Waals surface area contributed by atoms with Gasteiger partial charge in [0.05, 0.1) is 7.11 Å². The molecule has 0 spiro atoms. The summed E-state index contributed by atoms with van der Waals surface area (Å²) in [7, 11) is 3.38. The molecule has 0 unspecified atom stereocenters. The maximum atomic E-state index is 12.4. The zero-order chi connectivity index (χ0) is 13.8. The zero-order valence-corrected chi connectivity index (χ0v) is 11.4. The van der Waals surface area contributed by atoms with Gasteiger partial charge in [0.25, 0.3) is 0 Å². The van der Waals surface area contributed by atoms with Gasteiger partial charge in [-0.3, -0.25) is 9.59 Å². The summed E-state index contributed by atoms with van der Waals surface area (Å²) in [6.07, 6.45) is 2.41. The van der Waals surface area contributed by atoms with Crippen LogP contribution < -0.4 is 9.64 Å². The Hall–Kier alpha value is -1.84. The van der Waals surface area contributed by atoms with Crippen LogP contribution in [0.3, 0.4) is 0 Å². The van der Waals surface area contributed by atoms with Crippen LogP contribution in [0.2, 0.25) is 0 Å². The third-order valence-electron chi connectivity index (χ3n) is 3.66. The highest BCUT2D eigenvalue weighted by Gasteiger charge is 2.27. The molecule has 0 aromatic heterocycles. The van der Waals surface area contributed by atoms with Crippen molar-refractivity contribution < 1.29 is 14.3 Å². The third kappa shape index (κ3) is 3.13. The molecule has 2 rings (SSSR count). The van der Waals surface area contributed by atoms with Crippen LogP contribution in [0.4, 0.5) is 5.69 Å². The minimum Gasteiger partial charge on any atom is -0.497 e. The third-order valence-corrected chi connectivity index (χ3v) is 3.66. The molecule has 1 aromatic carbocycles. The standard InChI is InChI=1S/C15H19NO3/c1-16(12-4-3-5-14(10-12)19-2)15(18)11-6-8-13(17)9-7-11/h3-5,10-11H,6-9H2,1-2H3. The van der Waals surface area contributed by atoms with Crippen LogP contribution in [-0.4, -0.2) is 25.8 Å². The van der Waals surface area contributed by atoms with Gasteiger partial charge < -0.3 is 9.64 Å². The van der Waals surface area contributed by atoms with E-state index in [4.69, 9.17) is 4.74 Å². The Bertz CT molecular complexity index is 474. The molecular formula is C15H19NO3. The Morgan fingerprint density at radius 1 is 1.32 bits per heavy atom. The molecule has 4 nitrogen and oxygen atoms in total. The van der Waals surface area contributed by atoms with Crippen molar-refractivity contribution in [3.05, 3.63) is 24.3 Å². The molecule has 0 bridgehead atoms. The van der Waals surface area contributed by atoms with E-state index in [1.807, 2.05) is 24.3 Å². The maximum Gasteiger partial charge on any atom is 0.229 e. The highest BCUT2D eigenvalue weighted by atomic mass is 16.5. The summed E-state index contributed by atoms with van der Waals surface area (Å²) in [6.45, 7) is 0. The van der Waals surface area contributed by atoms with Gasteiger partial charge in [-0.2, -0.15) is 0 Å². The lowest BCUT2D eigenvalue weighted by Crippen LogP contribution is -2.35. The monoisotopic (exact) mass is 261 g/mol. The van der Waals surface area contributed by atoms with Crippen LogP contribution in [0.5, 0.6) is 5.75 Å². The van der Waals surface area contributed by atoms with Crippen molar-refractivity contribution in [1.82, 2.24) is 0 Å². The zero-order valence-electron chi connectivity index (χ0n) is 11.4. The van der Waals surface area contributed by atoms with E-state index >= 15 is 0 Å². The summed E-state index contributed by atoms with van der Waals surface area (Å²) in [5, 5.41) is 0. The van der Waals surface area contributed by atoms with Crippen molar-refractivity contribution in [3.63, 3.8) is 0 Å². The van der Waals surface area contributed by atoms with Crippen LogP contribution in [0, 0.1) is 5.92 Å². The second kappa shape index (κ2) is 5.87. The number of carbonyl (C=O) groups is 2. The van der Waals surface area contributed by atoms with E-state index in [9.17, 15) is 9.59 Å². The summed E-state index contributed by atoms with van der Waals surface area (Å²) in [6, 6.07) is 7.43. The highest BCUT2D eigenvalue weighted by Crippen LogP contribution is 2.26. The van der Waals surface area contributed by atoms with Gasteiger partial charge in [0.1, 0.15) is 11.5 Å². The molecule has 102 valence electrons. The maximum absolute atomic E-state index is 12.4. The number of benzene rings is 1. The van der Waals surface area contributed by atoms with E-state index in [0.717, 1.165) is 11.4 Å². The van der Waals surface area contributed by atoms with Gasteiger partial charge in [0.2, 0.25) is 5.91 Å². The average Bonchev–Trinajstić information content (AvgIpc) is 2.46. The highest BCUT2D eigenvalue weighted by molar-refractivity contribution is 5.95. The van der Waals surface area contributed by atoms with Crippen molar-refractivity contribution in [1.29, 1.82) is 0 Å². The van der Waals surface area contributed by atoms with Crippen LogP contribution in [-0.2, 0) is 9.59 Å². The molecule has 1 saturated carbocycles. The van der Waals surface area contributed by atoms with Gasteiger partial charge in [-0.05, 0) is 25.0 Å². The number of hydrogen-bond acceptors (Lipinski definition) is 3. The second-order valence-electron chi connectivity index (χ2n) is 4.91. The lowest BCUT2D eigenvalue weighted by molar-refractivity contribution is -0.126. The van der Waals surface area contributed by atoms with E-state index in [1.165, 1.54) is 0 Å². The van der Waals surface area contributed by atoms with Crippen LogP contribution in [0.1, 0.15) is 25.7 Å². The number of amides is 1. The Morgan fingerprint density at radius 2 is 2.00 bits per heavy atom. The number of Topliss-reactive ketones (excluding diaryl/α,β-unsaturated/α-hetero) is 1. The van der Waals surface area contributed by atoms with Crippen LogP contribution in [0.15, 0.2) is 24.3 Å². The lowest BCUT2D eigenvalue weighted by Gasteiger charge is -2.26. The summed E-state index contributed by atoms with van der Waals surface area (Å²) in [5.74, 6) is 1.05. The van der Waals surface area contributed by atoms with Gasteiger partial charge in [0.15, 0.2) is 0 Å². The number of anilines is 1. The smallest absolute Gasteiger partial charge is 0.229 e. The Labute approximate surface area is 113 Å². The number of ether oxygens (including phenoxy) is 1. The number of carbonyl (C=O) groups excluding carboxylic acids is 2. The van der Waals surface area contributed by atoms with E-state index in [2.05, 4.69) is 0 Å². The fraction of sp³-hybridized carbons (Fsp3) is 0.467. The molecular weight excluding hydrogens is 242 g/mol. The minimum atomic E-state index is -0.0334. The van der Waals surface area contributed by atoms with E-state index < -0.39 is 0 Å². The quantitative estimate of drug-likeness (QED) is 0.839. The molecule has 1 aliphatic carbocycles. The summed E-state index contributed by atoms with van der Waals surface area (Å²) in [4.78, 5) is 25.2. The molecule has 1 aromatic rings. The topological polar surface area (TPSA) is 46.6 Å². The van der Waals surface area contributed by atoms with E-state index in [-0.39, 0.29) is 17.6 Å². The first-order valence-corrected chi connectivity index (χ1v) is 6.55. The summed E-state index contributed by atoms with van der Waals surface area (Å²) in [5.41, 5.74) is 0.821. The van der Waals surface area contributed by atoms with Gasteiger partial charge in [-0.15, -0.1) is 0 Å². The first-order valence-electron chi connectivity index (χ1n) is 6.55. The van der Waals surface area contributed by atoms with Crippen LogP contribution >= 0.6 is 0 Å². The SMILES string of the molecule is COc1cccc(N(C)C(=O)C2CCC(=O)CC2)c1. The van der Waals surface area contributed by atoms with Gasteiger partial charge >= 0.3 is 0 Å². The number of nitrogens with zero attached hydrogens (tertiary/aromatic N) is 1. The van der Waals surface area contributed by atoms with Crippen molar-refractivity contribution in [3.8, 4) is 5.75 Å². The predicted octanol–water partition coefficient (Wildman–Crippen LogP) is 2.42. The lowest BCUT2D eigenvalue weighted by atomic mass is 9.87. The Kier molecular flexibility index (Phi) is 4.20. The minimum absolute atomic E-state index is 0.0334. The molecule has 1 fully saturated rings. The number of ketones is 1.